The van der Waals surface area contributed by atoms with Gasteiger partial charge in [-0.05, 0) is 25.1 Å². The molecule has 0 radical (unpaired) electrons. The van der Waals surface area contributed by atoms with Crippen molar-refractivity contribution in [3.8, 4) is 5.88 Å². The Morgan fingerprint density at radius 3 is 2.90 bits per heavy atom. The fourth-order valence-corrected chi connectivity index (χ4v) is 2.57. The molecule has 3 aromatic rings. The summed E-state index contributed by atoms with van der Waals surface area (Å²) in [6.45, 7) is 1.77. The molecule has 0 aromatic carbocycles. The maximum atomic E-state index is 5.36. The van der Waals surface area contributed by atoms with E-state index in [0.717, 1.165) is 37.1 Å². The molecule has 0 saturated heterocycles. The van der Waals surface area contributed by atoms with Gasteiger partial charge in [-0.15, -0.1) is 0 Å². The Kier molecular flexibility index (Phi) is 3.96. The highest BCUT2D eigenvalue weighted by molar-refractivity contribution is 7.71. The van der Waals surface area contributed by atoms with Crippen molar-refractivity contribution in [3.05, 3.63) is 29.8 Å². The van der Waals surface area contributed by atoms with Crippen LogP contribution in [-0.2, 0) is 13.1 Å². The molecule has 3 heterocycles. The third-order valence-electron chi connectivity index (χ3n) is 3.33. The van der Waals surface area contributed by atoms with E-state index < -0.39 is 0 Å². The van der Waals surface area contributed by atoms with Crippen LogP contribution >= 0.6 is 12.2 Å². The molecule has 0 unspecified atom stereocenters. The van der Waals surface area contributed by atoms with Crippen molar-refractivity contribution in [1.82, 2.24) is 29.1 Å². The maximum Gasteiger partial charge on any atom is 0.242 e. The summed E-state index contributed by atoms with van der Waals surface area (Å²) in [5.41, 5.74) is 1.54. The molecule has 0 atom stereocenters. The van der Waals surface area contributed by atoms with Gasteiger partial charge in [0.05, 0.1) is 13.4 Å². The zero-order valence-electron chi connectivity index (χ0n) is 11.7. The van der Waals surface area contributed by atoms with Crippen LogP contribution in [0.15, 0.2) is 25.0 Å². The number of rotatable bonds is 6. The van der Waals surface area contributed by atoms with Gasteiger partial charge in [-0.3, -0.25) is 0 Å². The first kappa shape index (κ1) is 13.7. The van der Waals surface area contributed by atoms with E-state index in [9.17, 15) is 0 Å². The summed E-state index contributed by atoms with van der Waals surface area (Å²) in [6, 6.07) is 0. The molecule has 0 aliphatic heterocycles. The number of fused-ring (bicyclic) bond motifs is 1. The first-order valence-electron chi connectivity index (χ1n) is 6.73. The molecule has 0 bridgehead atoms. The van der Waals surface area contributed by atoms with Gasteiger partial charge in [0.15, 0.2) is 10.4 Å². The lowest BCUT2D eigenvalue weighted by molar-refractivity contribution is 0.401. The standard InChI is InChI=1S/C13H16N6OS/c1-20-12-10-11(15-8-16-12)19(13(21)17-10)6-3-2-5-18-7-4-14-9-18/h4,7-9H,2-3,5-6H2,1H3,(H,17,21). The Balaban J connectivity index is 1.72. The van der Waals surface area contributed by atoms with Crippen molar-refractivity contribution in [2.75, 3.05) is 7.11 Å². The summed E-state index contributed by atoms with van der Waals surface area (Å²) in [4.78, 5) is 15.5. The molecule has 0 aliphatic carbocycles. The predicted octanol–water partition coefficient (Wildman–Crippen LogP) is 2.17. The Morgan fingerprint density at radius 2 is 2.14 bits per heavy atom. The van der Waals surface area contributed by atoms with Crippen LogP contribution in [0.25, 0.3) is 11.2 Å². The molecule has 110 valence electrons. The van der Waals surface area contributed by atoms with Gasteiger partial charge in [0, 0.05) is 25.5 Å². The minimum absolute atomic E-state index is 0.517. The molecule has 0 fully saturated rings. The van der Waals surface area contributed by atoms with Crippen LogP contribution in [0.2, 0.25) is 0 Å². The number of nitrogens with one attached hydrogen (secondary N) is 1. The van der Waals surface area contributed by atoms with Crippen molar-refractivity contribution >= 4 is 23.4 Å². The zero-order valence-corrected chi connectivity index (χ0v) is 12.5. The Morgan fingerprint density at radius 1 is 1.29 bits per heavy atom. The van der Waals surface area contributed by atoms with E-state index in [2.05, 4.69) is 24.5 Å². The Bertz CT molecular complexity index is 776. The molecule has 0 amide bonds. The van der Waals surface area contributed by atoms with Crippen molar-refractivity contribution in [1.29, 1.82) is 0 Å². The highest BCUT2D eigenvalue weighted by Crippen LogP contribution is 2.20. The number of methoxy groups -OCH3 is 1. The summed E-state index contributed by atoms with van der Waals surface area (Å²) in [6.07, 6.45) is 9.13. The normalized spacial score (nSPS) is 11.1. The van der Waals surface area contributed by atoms with Gasteiger partial charge in [-0.25, -0.2) is 9.97 Å². The lowest BCUT2D eigenvalue weighted by Crippen LogP contribution is -2.02. The van der Waals surface area contributed by atoms with Gasteiger partial charge >= 0.3 is 0 Å². The topological polar surface area (TPSA) is 73.6 Å². The molecule has 1 N–H and O–H groups in total. The summed E-state index contributed by atoms with van der Waals surface area (Å²) in [5.74, 6) is 0.517. The number of aromatic amines is 1. The highest BCUT2D eigenvalue weighted by Gasteiger charge is 2.10. The second-order valence-corrected chi connectivity index (χ2v) is 5.06. The molecular formula is C13H16N6OS. The van der Waals surface area contributed by atoms with Gasteiger partial charge in [-0.1, -0.05) is 0 Å². The van der Waals surface area contributed by atoms with Crippen LogP contribution in [0, 0.1) is 4.77 Å². The minimum Gasteiger partial charge on any atom is -0.479 e. The summed E-state index contributed by atoms with van der Waals surface area (Å²) >= 11 is 5.36. The highest BCUT2D eigenvalue weighted by atomic mass is 32.1. The van der Waals surface area contributed by atoms with E-state index in [0.29, 0.717) is 10.7 Å². The predicted molar refractivity (Wildman–Crippen MR) is 80.7 cm³/mol. The van der Waals surface area contributed by atoms with Gasteiger partial charge in [0.25, 0.3) is 0 Å². The molecule has 7 nitrogen and oxygen atoms in total. The van der Waals surface area contributed by atoms with E-state index in [4.69, 9.17) is 17.0 Å². The van der Waals surface area contributed by atoms with E-state index in [-0.39, 0.29) is 0 Å². The van der Waals surface area contributed by atoms with Gasteiger partial charge in [-0.2, -0.15) is 4.98 Å². The lowest BCUT2D eigenvalue weighted by Gasteiger charge is -2.05. The lowest BCUT2D eigenvalue weighted by atomic mass is 10.3. The number of aromatic nitrogens is 6. The second-order valence-electron chi connectivity index (χ2n) is 4.67. The molecule has 21 heavy (non-hydrogen) atoms. The largest absolute Gasteiger partial charge is 0.479 e. The first-order chi connectivity index (χ1) is 10.3. The average Bonchev–Trinajstić information content (AvgIpc) is 3.11. The molecule has 8 heteroatoms. The fraction of sp³-hybridized carbons (Fsp3) is 0.385. The van der Waals surface area contributed by atoms with Crippen molar-refractivity contribution in [2.24, 2.45) is 0 Å². The van der Waals surface area contributed by atoms with Crippen LogP contribution < -0.4 is 4.74 Å². The number of hydrogen-bond donors (Lipinski definition) is 1. The van der Waals surface area contributed by atoms with Gasteiger partial charge < -0.3 is 18.9 Å². The Hall–Kier alpha value is -2.22. The van der Waals surface area contributed by atoms with Gasteiger partial charge in [0.2, 0.25) is 5.88 Å². The molecule has 0 aliphatic rings. The monoisotopic (exact) mass is 304 g/mol. The average molecular weight is 304 g/mol. The van der Waals surface area contributed by atoms with E-state index in [1.54, 1.807) is 13.3 Å². The molecule has 0 saturated carbocycles. The van der Waals surface area contributed by atoms with Crippen LogP contribution in [0.1, 0.15) is 12.8 Å². The number of nitrogens with zero attached hydrogens (tertiary/aromatic N) is 5. The molecular weight excluding hydrogens is 288 g/mol. The molecule has 3 aromatic heterocycles. The van der Waals surface area contributed by atoms with Crippen molar-refractivity contribution in [3.63, 3.8) is 0 Å². The van der Waals surface area contributed by atoms with Crippen LogP contribution in [-0.4, -0.2) is 36.2 Å². The van der Waals surface area contributed by atoms with Crippen LogP contribution in [0.5, 0.6) is 5.88 Å². The number of imidazole rings is 2. The van der Waals surface area contributed by atoms with Gasteiger partial charge in [0.1, 0.15) is 11.8 Å². The van der Waals surface area contributed by atoms with E-state index in [1.807, 2.05) is 17.1 Å². The third-order valence-corrected chi connectivity index (χ3v) is 3.65. The van der Waals surface area contributed by atoms with Crippen LogP contribution in [0.4, 0.5) is 0 Å². The summed E-state index contributed by atoms with van der Waals surface area (Å²) < 4.78 is 9.92. The number of hydrogen-bond acceptors (Lipinski definition) is 5. The molecule has 0 spiro atoms. The summed E-state index contributed by atoms with van der Waals surface area (Å²) in [7, 11) is 1.58. The fourth-order valence-electron chi connectivity index (χ4n) is 2.29. The van der Waals surface area contributed by atoms with E-state index in [1.165, 1.54) is 6.33 Å². The minimum atomic E-state index is 0.517. The maximum absolute atomic E-state index is 5.36. The quantitative estimate of drug-likeness (QED) is 0.558. The number of aryl methyl sites for hydroxylation is 2. The van der Waals surface area contributed by atoms with Crippen LogP contribution in [0.3, 0.4) is 0 Å². The summed E-state index contributed by atoms with van der Waals surface area (Å²) in [5, 5.41) is 0. The SMILES string of the molecule is COc1ncnc2c1[nH]c(=S)n2CCCCn1ccnc1. The van der Waals surface area contributed by atoms with Crippen molar-refractivity contribution in [2.45, 2.75) is 25.9 Å². The number of ether oxygens (including phenoxy) is 1. The number of unbranched alkanes of at least 4 members (excludes halogenated alkanes) is 1. The second kappa shape index (κ2) is 6.04. The molecule has 3 rings (SSSR count). The Labute approximate surface area is 126 Å². The number of H-pyrrole nitrogens is 1. The zero-order chi connectivity index (χ0) is 14.7. The first-order valence-corrected chi connectivity index (χ1v) is 7.13. The third kappa shape index (κ3) is 2.80. The van der Waals surface area contributed by atoms with E-state index >= 15 is 0 Å². The smallest absolute Gasteiger partial charge is 0.242 e. The van der Waals surface area contributed by atoms with Crippen molar-refractivity contribution < 1.29 is 4.74 Å².